The van der Waals surface area contributed by atoms with E-state index in [0.29, 0.717) is 12.1 Å². The monoisotopic (exact) mass is 356 g/mol. The molecule has 6 nitrogen and oxygen atoms in total. The van der Waals surface area contributed by atoms with E-state index >= 15 is 0 Å². The Kier molecular flexibility index (Phi) is 6.87. The molecule has 0 saturated carbocycles. The van der Waals surface area contributed by atoms with Crippen LogP contribution in [0.25, 0.3) is 0 Å². The molecule has 0 fully saturated rings. The van der Waals surface area contributed by atoms with Crippen LogP contribution in [0.1, 0.15) is 24.2 Å². The third-order valence-corrected chi connectivity index (χ3v) is 2.81. The van der Waals surface area contributed by atoms with Gasteiger partial charge in [0.1, 0.15) is 0 Å². The fourth-order valence-corrected chi connectivity index (χ4v) is 1.73. The van der Waals surface area contributed by atoms with E-state index in [4.69, 9.17) is 4.74 Å². The maximum atomic E-state index is 11.7. The van der Waals surface area contributed by atoms with Crippen LogP contribution in [-0.4, -0.2) is 31.1 Å². The van der Waals surface area contributed by atoms with Gasteiger partial charge in [0.2, 0.25) is 0 Å². The summed E-state index contributed by atoms with van der Waals surface area (Å²) in [5, 5.41) is 4.60. The number of amides is 3. The molecule has 0 saturated heterocycles. The SMILES string of the molecule is CC(C)CNC(=O)NC(=O)COC(=O)c1cccc(Br)c1. The molecule has 1 rings (SSSR count). The molecule has 0 atom stereocenters. The van der Waals surface area contributed by atoms with Crippen LogP contribution in [-0.2, 0) is 9.53 Å². The molecule has 1 aromatic carbocycles. The molecule has 0 aliphatic heterocycles. The number of hydrogen-bond acceptors (Lipinski definition) is 4. The van der Waals surface area contributed by atoms with Crippen molar-refractivity contribution < 1.29 is 19.1 Å². The first-order valence-electron chi connectivity index (χ1n) is 6.39. The molecule has 114 valence electrons. The van der Waals surface area contributed by atoms with Crippen molar-refractivity contribution in [2.45, 2.75) is 13.8 Å². The summed E-state index contributed by atoms with van der Waals surface area (Å²) in [4.78, 5) is 34.4. The predicted octanol–water partition coefficient (Wildman–Crippen LogP) is 2.09. The average molecular weight is 357 g/mol. The number of carbonyl (C=O) groups excluding carboxylic acids is 3. The minimum atomic E-state index is -0.681. The molecule has 0 aliphatic carbocycles. The minimum absolute atomic E-state index is 0.278. The highest BCUT2D eigenvalue weighted by atomic mass is 79.9. The normalized spacial score (nSPS) is 10.1. The number of nitrogens with one attached hydrogen (secondary N) is 2. The molecule has 3 amide bonds. The van der Waals surface area contributed by atoms with Gasteiger partial charge in [0, 0.05) is 11.0 Å². The second-order valence-corrected chi connectivity index (χ2v) is 5.65. The van der Waals surface area contributed by atoms with Crippen LogP contribution in [0.15, 0.2) is 28.7 Å². The Balaban J connectivity index is 2.36. The fourth-order valence-electron chi connectivity index (χ4n) is 1.33. The summed E-state index contributed by atoms with van der Waals surface area (Å²) in [6.07, 6.45) is 0. The molecule has 1 aromatic rings. The number of rotatable bonds is 5. The van der Waals surface area contributed by atoms with Crippen molar-refractivity contribution in [2.24, 2.45) is 5.92 Å². The van der Waals surface area contributed by atoms with E-state index in [-0.39, 0.29) is 5.92 Å². The van der Waals surface area contributed by atoms with Crippen LogP contribution in [0.5, 0.6) is 0 Å². The summed E-state index contributed by atoms with van der Waals surface area (Å²) < 4.78 is 5.55. The highest BCUT2D eigenvalue weighted by molar-refractivity contribution is 9.10. The van der Waals surface area contributed by atoms with Crippen LogP contribution in [0.2, 0.25) is 0 Å². The van der Waals surface area contributed by atoms with Crippen LogP contribution in [0, 0.1) is 5.92 Å². The number of halogens is 1. The summed E-state index contributed by atoms with van der Waals surface area (Å²) in [6.45, 7) is 3.81. The van der Waals surface area contributed by atoms with E-state index in [1.54, 1.807) is 24.3 Å². The van der Waals surface area contributed by atoms with Crippen LogP contribution in [0.3, 0.4) is 0 Å². The lowest BCUT2D eigenvalue weighted by molar-refractivity contribution is -0.123. The van der Waals surface area contributed by atoms with Gasteiger partial charge in [0.15, 0.2) is 6.61 Å². The van der Waals surface area contributed by atoms with Gasteiger partial charge in [-0.2, -0.15) is 0 Å². The fraction of sp³-hybridized carbons (Fsp3) is 0.357. The van der Waals surface area contributed by atoms with Gasteiger partial charge in [-0.15, -0.1) is 0 Å². The number of ether oxygens (including phenoxy) is 1. The quantitative estimate of drug-likeness (QED) is 0.791. The smallest absolute Gasteiger partial charge is 0.338 e. The summed E-state index contributed by atoms with van der Waals surface area (Å²) in [7, 11) is 0. The largest absolute Gasteiger partial charge is 0.452 e. The number of hydrogen-bond donors (Lipinski definition) is 2. The lowest BCUT2D eigenvalue weighted by Crippen LogP contribution is -2.42. The Morgan fingerprint density at radius 2 is 2.00 bits per heavy atom. The summed E-state index contributed by atoms with van der Waals surface area (Å²) in [6, 6.07) is 5.99. The molecule has 0 radical (unpaired) electrons. The highest BCUT2D eigenvalue weighted by Gasteiger charge is 2.12. The second kappa shape index (κ2) is 8.41. The zero-order valence-corrected chi connectivity index (χ0v) is 13.4. The number of carbonyl (C=O) groups is 3. The predicted molar refractivity (Wildman–Crippen MR) is 80.8 cm³/mol. The zero-order chi connectivity index (χ0) is 15.8. The first-order chi connectivity index (χ1) is 9.88. The van der Waals surface area contributed by atoms with Crippen LogP contribution < -0.4 is 10.6 Å². The van der Waals surface area contributed by atoms with E-state index in [2.05, 4.69) is 26.6 Å². The van der Waals surface area contributed by atoms with Gasteiger partial charge >= 0.3 is 12.0 Å². The molecule has 0 heterocycles. The van der Waals surface area contributed by atoms with Crippen LogP contribution >= 0.6 is 15.9 Å². The molecular formula is C14H17BrN2O4. The van der Waals surface area contributed by atoms with Gasteiger partial charge in [-0.1, -0.05) is 35.8 Å². The summed E-state index contributed by atoms with van der Waals surface area (Å²) in [5.74, 6) is -1.03. The van der Waals surface area contributed by atoms with E-state index in [9.17, 15) is 14.4 Å². The lowest BCUT2D eigenvalue weighted by atomic mass is 10.2. The first kappa shape index (κ1) is 17.2. The van der Waals surface area contributed by atoms with Gasteiger partial charge < -0.3 is 10.1 Å². The van der Waals surface area contributed by atoms with Gasteiger partial charge in [-0.25, -0.2) is 9.59 Å². The molecule has 2 N–H and O–H groups in total. The minimum Gasteiger partial charge on any atom is -0.452 e. The molecule has 0 unspecified atom stereocenters. The van der Waals surface area contributed by atoms with Gasteiger partial charge in [-0.3, -0.25) is 10.1 Å². The molecule has 0 bridgehead atoms. The maximum absolute atomic E-state index is 11.7. The zero-order valence-electron chi connectivity index (χ0n) is 11.8. The molecule has 7 heteroatoms. The first-order valence-corrected chi connectivity index (χ1v) is 7.18. The Bertz CT molecular complexity index is 531. The molecule has 0 spiro atoms. The van der Waals surface area contributed by atoms with Crippen molar-refractivity contribution in [3.63, 3.8) is 0 Å². The number of benzene rings is 1. The number of urea groups is 1. The van der Waals surface area contributed by atoms with Gasteiger partial charge in [0.05, 0.1) is 5.56 Å². The van der Waals surface area contributed by atoms with E-state index in [0.717, 1.165) is 4.47 Å². The molecule has 0 aromatic heterocycles. The third kappa shape index (κ3) is 6.89. The van der Waals surface area contributed by atoms with E-state index in [1.165, 1.54) is 0 Å². The van der Waals surface area contributed by atoms with Crippen molar-refractivity contribution in [1.29, 1.82) is 0 Å². The molecule has 21 heavy (non-hydrogen) atoms. The van der Waals surface area contributed by atoms with Crippen molar-refractivity contribution in [3.8, 4) is 0 Å². The topological polar surface area (TPSA) is 84.5 Å². The molecule has 0 aliphatic rings. The Labute approximate surface area is 131 Å². The van der Waals surface area contributed by atoms with Crippen molar-refractivity contribution >= 4 is 33.8 Å². The third-order valence-electron chi connectivity index (χ3n) is 2.32. The number of imide groups is 1. The summed E-state index contributed by atoms with van der Waals surface area (Å²) in [5.41, 5.74) is 0.321. The van der Waals surface area contributed by atoms with Crippen LogP contribution in [0.4, 0.5) is 4.79 Å². The van der Waals surface area contributed by atoms with E-state index < -0.39 is 24.5 Å². The van der Waals surface area contributed by atoms with Crippen molar-refractivity contribution in [3.05, 3.63) is 34.3 Å². The highest BCUT2D eigenvalue weighted by Crippen LogP contribution is 2.12. The average Bonchev–Trinajstić information content (AvgIpc) is 2.42. The lowest BCUT2D eigenvalue weighted by Gasteiger charge is -2.09. The summed E-state index contributed by atoms with van der Waals surface area (Å²) >= 11 is 3.23. The second-order valence-electron chi connectivity index (χ2n) is 4.74. The molecular weight excluding hydrogens is 340 g/mol. The Hall–Kier alpha value is -1.89. The number of esters is 1. The standard InChI is InChI=1S/C14H17BrN2O4/c1-9(2)7-16-14(20)17-12(18)8-21-13(19)10-4-3-5-11(15)6-10/h3-6,9H,7-8H2,1-2H3,(H2,16,17,18,20). The van der Waals surface area contributed by atoms with Crippen molar-refractivity contribution in [1.82, 2.24) is 10.6 Å². The van der Waals surface area contributed by atoms with Crippen molar-refractivity contribution in [2.75, 3.05) is 13.2 Å². The van der Waals surface area contributed by atoms with E-state index in [1.807, 2.05) is 13.8 Å². The van der Waals surface area contributed by atoms with Gasteiger partial charge in [-0.05, 0) is 24.1 Å². The Morgan fingerprint density at radius 1 is 1.29 bits per heavy atom. The maximum Gasteiger partial charge on any atom is 0.338 e. The van der Waals surface area contributed by atoms with Gasteiger partial charge in [0.25, 0.3) is 5.91 Å². The Morgan fingerprint density at radius 3 is 2.62 bits per heavy atom.